The number of aromatic hydroxyl groups is 4. The highest BCUT2D eigenvalue weighted by atomic mass is 16.7. The highest BCUT2D eigenvalue weighted by molar-refractivity contribution is 5.88. The van der Waals surface area contributed by atoms with Crippen LogP contribution in [0, 0.1) is 0 Å². The van der Waals surface area contributed by atoms with E-state index in [0.717, 1.165) is 24.3 Å². The van der Waals surface area contributed by atoms with Gasteiger partial charge in [0.2, 0.25) is 17.5 Å². The summed E-state index contributed by atoms with van der Waals surface area (Å²) in [5.41, 5.74) is -1.27. The van der Waals surface area contributed by atoms with Gasteiger partial charge in [-0.15, -0.1) is 0 Å². The maximum absolute atomic E-state index is 12.6. The Labute approximate surface area is 241 Å². The number of fused-ring (bicyclic) bond motifs is 1. The van der Waals surface area contributed by atoms with Crippen molar-refractivity contribution in [2.45, 2.75) is 68.3 Å². The molecule has 43 heavy (non-hydrogen) atoms. The van der Waals surface area contributed by atoms with Crippen molar-refractivity contribution in [2.75, 3.05) is 6.61 Å². The molecule has 16 heteroatoms. The minimum atomic E-state index is -1.82. The minimum Gasteiger partial charge on any atom is -0.508 e. The average molecular weight is 611 g/mol. The fraction of sp³-hybridized carbons (Fsp3) is 0.444. The number of hydrogen-bond acceptors (Lipinski definition) is 16. The molecule has 2 fully saturated rings. The Balaban J connectivity index is 1.33. The lowest BCUT2D eigenvalue weighted by Gasteiger charge is -2.42. The molecule has 3 heterocycles. The van der Waals surface area contributed by atoms with Gasteiger partial charge in [0.1, 0.15) is 65.2 Å². The molecule has 0 radical (unpaired) electrons. The largest absolute Gasteiger partial charge is 0.508 e. The number of aliphatic hydroxyl groups excluding tert-OH is 6. The van der Waals surface area contributed by atoms with E-state index in [9.17, 15) is 55.9 Å². The van der Waals surface area contributed by atoms with Crippen LogP contribution in [0.25, 0.3) is 22.3 Å². The predicted octanol–water partition coefficient (Wildman–Crippen LogP) is -1.69. The zero-order chi connectivity index (χ0) is 31.3. The van der Waals surface area contributed by atoms with Gasteiger partial charge >= 0.3 is 0 Å². The van der Waals surface area contributed by atoms with E-state index >= 15 is 0 Å². The molecule has 0 saturated carbocycles. The predicted molar refractivity (Wildman–Crippen MR) is 140 cm³/mol. The van der Waals surface area contributed by atoms with Crippen LogP contribution < -0.4 is 10.2 Å². The van der Waals surface area contributed by atoms with Crippen LogP contribution >= 0.6 is 0 Å². The average Bonchev–Trinajstić information content (AvgIpc) is 2.96. The SMILES string of the molecule is C[C@@H]1O[C@H](OC[C@H]2O[C@@H](Oc3ccc(-c4oc5cc(O)cc(O)c5c(=O)c4O)cc3O)[C@H](O)[C@@H](O)[C@@H]2O)[C@H](O)[C@H](O)[C@H]1O. The molecule has 234 valence electrons. The zero-order valence-electron chi connectivity index (χ0n) is 22.3. The first-order chi connectivity index (χ1) is 20.3. The lowest BCUT2D eigenvalue weighted by molar-refractivity contribution is -0.318. The Morgan fingerprint density at radius 3 is 2.14 bits per heavy atom. The van der Waals surface area contributed by atoms with Gasteiger partial charge in [-0.25, -0.2) is 0 Å². The lowest BCUT2D eigenvalue weighted by Crippen LogP contribution is -2.61. The van der Waals surface area contributed by atoms with E-state index in [-0.39, 0.29) is 22.3 Å². The van der Waals surface area contributed by atoms with Gasteiger partial charge in [-0.2, -0.15) is 0 Å². The van der Waals surface area contributed by atoms with Crippen molar-refractivity contribution >= 4 is 11.0 Å². The van der Waals surface area contributed by atoms with E-state index in [4.69, 9.17) is 23.4 Å². The molecule has 0 unspecified atom stereocenters. The van der Waals surface area contributed by atoms with Crippen LogP contribution in [0.15, 0.2) is 39.5 Å². The molecular weight excluding hydrogens is 580 g/mol. The topological polar surface area (TPSA) is 269 Å². The minimum absolute atomic E-state index is 0.0244. The molecule has 2 aromatic carbocycles. The Bertz CT molecular complexity index is 1540. The summed E-state index contributed by atoms with van der Waals surface area (Å²) in [6.07, 6.45) is -15.3. The van der Waals surface area contributed by atoms with Crippen molar-refractivity contribution in [1.82, 2.24) is 0 Å². The number of phenols is 3. The van der Waals surface area contributed by atoms with Crippen LogP contribution in [-0.4, -0.2) is 119 Å². The molecule has 2 aliphatic heterocycles. The molecule has 0 aliphatic carbocycles. The third-order valence-corrected chi connectivity index (χ3v) is 7.30. The standard InChI is InChI=1S/C27H30O16/c1-8-17(31)20(34)23(37)26(40-8)39-7-15-18(32)21(35)24(38)27(43-15)42-13-3-2-9(4-11(13)29)25-22(36)19(33)16-12(30)5-10(28)6-14(16)41-25/h2-6,8,15,17-18,20-21,23-24,26-32,34-38H,7H2,1H3/t8-,15+,17-,18+,20+,21-,23+,24+,26-,27+/m0/s1. The van der Waals surface area contributed by atoms with Gasteiger partial charge in [0.05, 0.1) is 12.7 Å². The molecule has 3 aromatic rings. The maximum Gasteiger partial charge on any atom is 0.238 e. The number of rotatable bonds is 6. The Kier molecular flexibility index (Phi) is 8.41. The summed E-state index contributed by atoms with van der Waals surface area (Å²) >= 11 is 0. The highest BCUT2D eigenvalue weighted by Gasteiger charge is 2.47. The van der Waals surface area contributed by atoms with Crippen LogP contribution in [0.3, 0.4) is 0 Å². The number of aliphatic hydroxyl groups is 6. The molecule has 1 aromatic heterocycles. The molecule has 10 atom stereocenters. The summed E-state index contributed by atoms with van der Waals surface area (Å²) in [5.74, 6) is -3.22. The second kappa shape index (κ2) is 11.8. The Morgan fingerprint density at radius 1 is 0.767 bits per heavy atom. The van der Waals surface area contributed by atoms with Crippen molar-refractivity contribution in [1.29, 1.82) is 0 Å². The first-order valence-corrected chi connectivity index (χ1v) is 13.0. The Morgan fingerprint density at radius 2 is 1.44 bits per heavy atom. The van der Waals surface area contributed by atoms with Gasteiger partial charge in [-0.3, -0.25) is 4.79 Å². The van der Waals surface area contributed by atoms with E-state index < -0.39 is 102 Å². The molecule has 2 aliphatic rings. The summed E-state index contributed by atoms with van der Waals surface area (Å²) in [7, 11) is 0. The summed E-state index contributed by atoms with van der Waals surface area (Å²) in [4.78, 5) is 12.6. The van der Waals surface area contributed by atoms with Crippen LogP contribution in [-0.2, 0) is 14.2 Å². The molecule has 10 N–H and O–H groups in total. The smallest absolute Gasteiger partial charge is 0.238 e. The van der Waals surface area contributed by atoms with Gasteiger partial charge < -0.3 is 74.4 Å². The molecule has 5 rings (SSSR count). The van der Waals surface area contributed by atoms with Crippen LogP contribution in [0.2, 0.25) is 0 Å². The summed E-state index contributed by atoms with van der Waals surface area (Å²) in [6.45, 7) is 0.910. The molecule has 0 spiro atoms. The van der Waals surface area contributed by atoms with Gasteiger partial charge in [0.25, 0.3) is 0 Å². The van der Waals surface area contributed by atoms with E-state index in [1.165, 1.54) is 13.0 Å². The monoisotopic (exact) mass is 610 g/mol. The number of benzene rings is 2. The fourth-order valence-corrected chi connectivity index (χ4v) is 4.85. The maximum atomic E-state index is 12.6. The van der Waals surface area contributed by atoms with Crippen molar-refractivity contribution in [3.63, 3.8) is 0 Å². The summed E-state index contributed by atoms with van der Waals surface area (Å²) in [6, 6.07) is 5.39. The third kappa shape index (κ3) is 5.67. The van der Waals surface area contributed by atoms with Crippen LogP contribution in [0.4, 0.5) is 0 Å². The van der Waals surface area contributed by atoms with E-state index in [1.54, 1.807) is 0 Å². The first-order valence-electron chi connectivity index (χ1n) is 13.0. The van der Waals surface area contributed by atoms with Crippen molar-refractivity contribution in [3.8, 4) is 40.1 Å². The highest BCUT2D eigenvalue weighted by Crippen LogP contribution is 2.39. The quantitative estimate of drug-likeness (QED) is 0.149. The van der Waals surface area contributed by atoms with Gasteiger partial charge in [0, 0.05) is 17.7 Å². The molecule has 0 amide bonds. The second-order valence-electron chi connectivity index (χ2n) is 10.3. The number of phenolic OH excluding ortho intramolecular Hbond substituents is 3. The van der Waals surface area contributed by atoms with Crippen LogP contribution in [0.1, 0.15) is 6.92 Å². The second-order valence-corrected chi connectivity index (χ2v) is 10.3. The Hall–Kier alpha value is -3.71. The number of ether oxygens (including phenoxy) is 4. The summed E-state index contributed by atoms with van der Waals surface area (Å²) in [5, 5.41) is 102. The van der Waals surface area contributed by atoms with Gasteiger partial charge in [-0.05, 0) is 25.1 Å². The van der Waals surface area contributed by atoms with E-state index in [2.05, 4.69) is 0 Å². The molecular formula is C27H30O16. The van der Waals surface area contributed by atoms with E-state index in [0.29, 0.717) is 0 Å². The molecule has 2 saturated heterocycles. The fourth-order valence-electron chi connectivity index (χ4n) is 4.85. The number of hydrogen-bond donors (Lipinski definition) is 10. The first kappa shape index (κ1) is 30.7. The van der Waals surface area contributed by atoms with Gasteiger partial charge in [0.15, 0.2) is 23.5 Å². The molecule has 16 nitrogen and oxygen atoms in total. The van der Waals surface area contributed by atoms with Crippen molar-refractivity contribution < 1.29 is 74.4 Å². The zero-order valence-corrected chi connectivity index (χ0v) is 22.3. The van der Waals surface area contributed by atoms with Crippen molar-refractivity contribution in [3.05, 3.63) is 40.6 Å². The van der Waals surface area contributed by atoms with Crippen LogP contribution in [0.5, 0.6) is 28.7 Å². The summed E-state index contributed by atoms with van der Waals surface area (Å²) < 4.78 is 27.3. The van der Waals surface area contributed by atoms with Gasteiger partial charge in [-0.1, -0.05) is 0 Å². The van der Waals surface area contributed by atoms with E-state index in [1.807, 2.05) is 0 Å². The molecule has 0 bridgehead atoms. The lowest BCUT2D eigenvalue weighted by atomic mass is 9.98. The third-order valence-electron chi connectivity index (χ3n) is 7.30. The normalized spacial score (nSPS) is 33.0. The van der Waals surface area contributed by atoms with Crippen molar-refractivity contribution in [2.24, 2.45) is 0 Å².